The smallest absolute Gasteiger partial charge is 0.274 e. The van der Waals surface area contributed by atoms with E-state index in [1.54, 1.807) is 30.3 Å². The molecular formula is C21H16BrCl2N3O3. The van der Waals surface area contributed by atoms with Crippen molar-refractivity contribution in [2.24, 2.45) is 5.10 Å². The minimum atomic E-state index is -0.463. The van der Waals surface area contributed by atoms with Crippen molar-refractivity contribution in [3.63, 3.8) is 0 Å². The first kappa shape index (κ1) is 22.1. The van der Waals surface area contributed by atoms with Gasteiger partial charge in [-0.05, 0) is 51.8 Å². The van der Waals surface area contributed by atoms with Crippen LogP contribution in [0.1, 0.15) is 21.5 Å². The zero-order chi connectivity index (χ0) is 21.5. The maximum absolute atomic E-state index is 12.1. The first-order valence-electron chi connectivity index (χ1n) is 8.67. The highest BCUT2D eigenvalue weighted by molar-refractivity contribution is 9.10. The Kier molecular flexibility index (Phi) is 7.68. The predicted octanol–water partition coefficient (Wildman–Crippen LogP) is 5.50. The van der Waals surface area contributed by atoms with Crippen LogP contribution in [0.4, 0.5) is 0 Å². The van der Waals surface area contributed by atoms with Gasteiger partial charge in [0.05, 0.1) is 23.4 Å². The van der Waals surface area contributed by atoms with E-state index in [4.69, 9.17) is 32.7 Å². The molecular weight excluding hydrogens is 493 g/mol. The van der Waals surface area contributed by atoms with Gasteiger partial charge < -0.3 is 9.47 Å². The van der Waals surface area contributed by atoms with Gasteiger partial charge in [-0.25, -0.2) is 10.4 Å². The SMILES string of the molecule is COc1cc(C=NNC(=O)c2cccnc2Cl)cc(Br)c1OCc1ccccc1Cl. The van der Waals surface area contributed by atoms with Gasteiger partial charge >= 0.3 is 0 Å². The number of nitrogens with one attached hydrogen (secondary N) is 1. The maximum atomic E-state index is 12.1. The molecule has 0 aliphatic rings. The molecule has 9 heteroatoms. The fraction of sp³-hybridized carbons (Fsp3) is 0.0952. The normalized spacial score (nSPS) is 10.8. The Labute approximate surface area is 192 Å². The molecule has 0 aliphatic heterocycles. The number of aromatic nitrogens is 1. The van der Waals surface area contributed by atoms with Crippen LogP contribution in [0, 0.1) is 0 Å². The highest BCUT2D eigenvalue weighted by Crippen LogP contribution is 2.37. The third kappa shape index (κ3) is 5.50. The van der Waals surface area contributed by atoms with E-state index in [1.165, 1.54) is 19.5 Å². The van der Waals surface area contributed by atoms with Crippen LogP contribution in [0.5, 0.6) is 11.5 Å². The third-order valence-corrected chi connectivity index (χ3v) is 5.22. The molecule has 0 aliphatic carbocycles. The monoisotopic (exact) mass is 507 g/mol. The molecule has 0 atom stereocenters. The molecule has 30 heavy (non-hydrogen) atoms. The molecule has 0 saturated carbocycles. The van der Waals surface area contributed by atoms with Crippen molar-refractivity contribution in [2.75, 3.05) is 7.11 Å². The molecule has 0 fully saturated rings. The van der Waals surface area contributed by atoms with Gasteiger partial charge in [-0.1, -0.05) is 41.4 Å². The van der Waals surface area contributed by atoms with Crippen LogP contribution in [0.3, 0.4) is 0 Å². The Hall–Kier alpha value is -2.61. The Bertz CT molecular complexity index is 1090. The van der Waals surface area contributed by atoms with Crippen molar-refractivity contribution in [1.82, 2.24) is 10.4 Å². The molecule has 1 amide bonds. The molecule has 2 aromatic carbocycles. The minimum absolute atomic E-state index is 0.106. The predicted molar refractivity (Wildman–Crippen MR) is 121 cm³/mol. The zero-order valence-electron chi connectivity index (χ0n) is 15.7. The Morgan fingerprint density at radius 3 is 2.77 bits per heavy atom. The number of halogens is 3. The summed E-state index contributed by atoms with van der Waals surface area (Å²) in [5.41, 5.74) is 4.19. The lowest BCUT2D eigenvalue weighted by Gasteiger charge is -2.14. The van der Waals surface area contributed by atoms with Crippen molar-refractivity contribution in [2.45, 2.75) is 6.61 Å². The molecule has 3 aromatic rings. The quantitative estimate of drug-likeness (QED) is 0.260. The lowest BCUT2D eigenvalue weighted by Crippen LogP contribution is -2.18. The summed E-state index contributed by atoms with van der Waals surface area (Å²) in [6.07, 6.45) is 2.98. The third-order valence-electron chi connectivity index (χ3n) is 3.97. The summed E-state index contributed by atoms with van der Waals surface area (Å²) < 4.78 is 12.0. The Balaban J connectivity index is 1.72. The number of hydrazone groups is 1. The van der Waals surface area contributed by atoms with Gasteiger partial charge in [0.25, 0.3) is 5.91 Å². The first-order chi connectivity index (χ1) is 14.5. The van der Waals surface area contributed by atoms with E-state index in [9.17, 15) is 4.79 Å². The number of amides is 1. The van der Waals surface area contributed by atoms with E-state index in [-0.39, 0.29) is 17.3 Å². The molecule has 1 N–H and O–H groups in total. The molecule has 0 unspecified atom stereocenters. The van der Waals surface area contributed by atoms with Gasteiger partial charge in [-0.3, -0.25) is 4.79 Å². The number of hydrogen-bond donors (Lipinski definition) is 1. The molecule has 1 aromatic heterocycles. The van der Waals surface area contributed by atoms with Crippen LogP contribution < -0.4 is 14.9 Å². The van der Waals surface area contributed by atoms with Crippen molar-refractivity contribution >= 4 is 51.3 Å². The van der Waals surface area contributed by atoms with Crippen molar-refractivity contribution in [1.29, 1.82) is 0 Å². The second kappa shape index (κ2) is 10.4. The molecule has 1 heterocycles. The van der Waals surface area contributed by atoms with E-state index >= 15 is 0 Å². The minimum Gasteiger partial charge on any atom is -0.493 e. The average molecular weight is 509 g/mol. The van der Waals surface area contributed by atoms with Crippen molar-refractivity contribution in [3.8, 4) is 11.5 Å². The van der Waals surface area contributed by atoms with E-state index < -0.39 is 5.91 Å². The number of carbonyl (C=O) groups is 1. The summed E-state index contributed by atoms with van der Waals surface area (Å²) in [6.45, 7) is 0.282. The summed E-state index contributed by atoms with van der Waals surface area (Å²) in [5, 5.41) is 4.70. The number of nitrogens with zero attached hydrogens (tertiary/aromatic N) is 2. The standard InChI is InChI=1S/C21H16BrCl2N3O3/c1-29-18-10-13(11-26-27-21(28)15-6-4-8-25-20(15)24)9-16(22)19(18)30-12-14-5-2-3-7-17(14)23/h2-11H,12H2,1H3,(H,27,28). The van der Waals surface area contributed by atoms with Crippen molar-refractivity contribution in [3.05, 3.63) is 86.1 Å². The lowest BCUT2D eigenvalue weighted by molar-refractivity contribution is 0.0955. The molecule has 3 rings (SSSR count). The maximum Gasteiger partial charge on any atom is 0.274 e. The number of benzene rings is 2. The van der Waals surface area contributed by atoms with E-state index in [1.807, 2.05) is 18.2 Å². The van der Waals surface area contributed by atoms with Gasteiger partial charge in [0.15, 0.2) is 11.5 Å². The van der Waals surface area contributed by atoms with Crippen LogP contribution in [-0.4, -0.2) is 24.2 Å². The highest BCUT2D eigenvalue weighted by atomic mass is 79.9. The van der Waals surface area contributed by atoms with Crippen LogP contribution in [0.25, 0.3) is 0 Å². The number of methoxy groups -OCH3 is 1. The molecule has 0 spiro atoms. The van der Waals surface area contributed by atoms with Gasteiger partial charge in [-0.15, -0.1) is 0 Å². The summed E-state index contributed by atoms with van der Waals surface area (Å²) in [4.78, 5) is 16.0. The largest absolute Gasteiger partial charge is 0.493 e. The van der Waals surface area contributed by atoms with Gasteiger partial charge in [0, 0.05) is 16.8 Å². The second-order valence-electron chi connectivity index (χ2n) is 5.96. The topological polar surface area (TPSA) is 72.8 Å². The number of ether oxygens (including phenoxy) is 2. The van der Waals surface area contributed by atoms with Gasteiger partial charge in [-0.2, -0.15) is 5.10 Å². The summed E-state index contributed by atoms with van der Waals surface area (Å²) >= 11 is 15.6. The Morgan fingerprint density at radius 1 is 1.23 bits per heavy atom. The number of pyridine rings is 1. The summed E-state index contributed by atoms with van der Waals surface area (Å²) in [7, 11) is 1.54. The van der Waals surface area contributed by atoms with E-state index in [2.05, 4.69) is 31.4 Å². The van der Waals surface area contributed by atoms with Gasteiger partial charge in [0.1, 0.15) is 11.8 Å². The zero-order valence-corrected chi connectivity index (χ0v) is 18.8. The van der Waals surface area contributed by atoms with Crippen LogP contribution in [0.15, 0.2) is 64.3 Å². The number of hydrogen-bond acceptors (Lipinski definition) is 5. The fourth-order valence-electron chi connectivity index (χ4n) is 2.50. The molecule has 0 bridgehead atoms. The van der Waals surface area contributed by atoms with E-state index in [0.29, 0.717) is 26.6 Å². The highest BCUT2D eigenvalue weighted by Gasteiger charge is 2.13. The van der Waals surface area contributed by atoms with Crippen molar-refractivity contribution < 1.29 is 14.3 Å². The number of rotatable bonds is 7. The summed E-state index contributed by atoms with van der Waals surface area (Å²) in [5.74, 6) is 0.565. The number of carbonyl (C=O) groups excluding carboxylic acids is 1. The summed E-state index contributed by atoms with van der Waals surface area (Å²) in [6, 6.07) is 14.1. The van der Waals surface area contributed by atoms with Crippen LogP contribution >= 0.6 is 39.1 Å². The molecule has 6 nitrogen and oxygen atoms in total. The van der Waals surface area contributed by atoms with Crippen LogP contribution in [-0.2, 0) is 6.61 Å². The van der Waals surface area contributed by atoms with Gasteiger partial charge in [0.2, 0.25) is 0 Å². The second-order valence-corrected chi connectivity index (χ2v) is 7.57. The fourth-order valence-corrected chi connectivity index (χ4v) is 3.47. The average Bonchev–Trinajstić information content (AvgIpc) is 2.74. The van der Waals surface area contributed by atoms with E-state index in [0.717, 1.165) is 5.56 Å². The molecule has 0 radical (unpaired) electrons. The van der Waals surface area contributed by atoms with Crippen LogP contribution in [0.2, 0.25) is 10.2 Å². The Morgan fingerprint density at radius 2 is 2.03 bits per heavy atom. The first-order valence-corrected chi connectivity index (χ1v) is 10.2. The lowest BCUT2D eigenvalue weighted by atomic mass is 10.2. The molecule has 154 valence electrons. The molecule has 0 saturated heterocycles.